The molecule has 1 atom stereocenters. The van der Waals surface area contributed by atoms with Crippen molar-refractivity contribution >= 4 is 34.9 Å². The van der Waals surface area contributed by atoms with Crippen molar-refractivity contribution in [2.45, 2.75) is 12.3 Å². The Balaban J connectivity index is 2.15. The Morgan fingerprint density at radius 2 is 2.33 bits per heavy atom. The second kappa shape index (κ2) is 5.27. The summed E-state index contributed by atoms with van der Waals surface area (Å²) < 4.78 is 0. The molecule has 6 heteroatoms. The van der Waals surface area contributed by atoms with Gasteiger partial charge in [-0.05, 0) is 25.1 Å². The van der Waals surface area contributed by atoms with Gasteiger partial charge < -0.3 is 10.6 Å². The molecule has 2 N–H and O–H groups in total. The molecule has 0 aliphatic carbocycles. The van der Waals surface area contributed by atoms with E-state index >= 15 is 0 Å². The summed E-state index contributed by atoms with van der Waals surface area (Å²) >= 11 is 5.68. The molecule has 1 aromatic carbocycles. The van der Waals surface area contributed by atoms with E-state index in [9.17, 15) is 9.59 Å². The van der Waals surface area contributed by atoms with E-state index in [4.69, 9.17) is 11.6 Å². The number of hydrogen-bond acceptors (Lipinski definition) is 2. The fourth-order valence-electron chi connectivity index (χ4n) is 1.71. The van der Waals surface area contributed by atoms with Crippen LogP contribution in [0.25, 0.3) is 0 Å². The van der Waals surface area contributed by atoms with Gasteiger partial charge >= 0.3 is 6.03 Å². The molecule has 1 aromatic rings. The number of amides is 3. The summed E-state index contributed by atoms with van der Waals surface area (Å²) in [6.07, 6.45) is 0. The summed E-state index contributed by atoms with van der Waals surface area (Å²) in [6, 6.07) is 7.00. The zero-order chi connectivity index (χ0) is 13.1. The Morgan fingerprint density at radius 1 is 1.56 bits per heavy atom. The van der Waals surface area contributed by atoms with E-state index in [1.807, 2.05) is 6.07 Å². The van der Waals surface area contributed by atoms with E-state index in [1.54, 1.807) is 30.0 Å². The zero-order valence-corrected chi connectivity index (χ0v) is 10.7. The minimum Gasteiger partial charge on any atom is -0.336 e. The minimum atomic E-state index is -0.594. The third-order valence-corrected chi connectivity index (χ3v) is 2.84. The van der Waals surface area contributed by atoms with Crippen LogP contribution in [0.5, 0.6) is 0 Å². The van der Waals surface area contributed by atoms with Crippen molar-refractivity contribution in [3.05, 3.63) is 24.3 Å². The number of nitrogens with zero attached hydrogens (tertiary/aromatic N) is 1. The topological polar surface area (TPSA) is 61.4 Å². The molecule has 1 aliphatic heterocycles. The predicted octanol–water partition coefficient (Wildman–Crippen LogP) is 1.78. The van der Waals surface area contributed by atoms with Crippen molar-refractivity contribution < 1.29 is 9.59 Å². The lowest BCUT2D eigenvalue weighted by molar-refractivity contribution is -0.115. The molecule has 0 bridgehead atoms. The number of rotatable bonds is 3. The zero-order valence-electron chi connectivity index (χ0n) is 9.94. The van der Waals surface area contributed by atoms with Crippen molar-refractivity contribution in [2.75, 3.05) is 23.3 Å². The highest BCUT2D eigenvalue weighted by molar-refractivity contribution is 6.32. The molecule has 0 spiro atoms. The van der Waals surface area contributed by atoms with E-state index < -0.39 is 5.38 Å². The maximum absolute atomic E-state index is 11.5. The van der Waals surface area contributed by atoms with Gasteiger partial charge in [-0.25, -0.2) is 4.79 Å². The van der Waals surface area contributed by atoms with Gasteiger partial charge in [0.15, 0.2) is 0 Å². The third-order valence-electron chi connectivity index (χ3n) is 2.64. The van der Waals surface area contributed by atoms with E-state index in [-0.39, 0.29) is 11.9 Å². The second-order valence-corrected chi connectivity index (χ2v) is 4.69. The Bertz CT molecular complexity index is 476. The standard InChI is InChI=1S/C12H14ClN3O2/c1-8(13)11(17)15-9-3-2-4-10(7-9)16-6-5-14-12(16)18/h2-4,7-8H,5-6H2,1H3,(H,14,18)(H,15,17). The lowest BCUT2D eigenvalue weighted by Gasteiger charge is -2.15. The number of hydrogen-bond donors (Lipinski definition) is 2. The first kappa shape index (κ1) is 12.7. The van der Waals surface area contributed by atoms with Crippen LogP contribution < -0.4 is 15.5 Å². The molecule has 3 amide bonds. The van der Waals surface area contributed by atoms with Gasteiger partial charge in [0.1, 0.15) is 5.38 Å². The fraction of sp³-hybridized carbons (Fsp3) is 0.333. The molecule has 0 radical (unpaired) electrons. The van der Waals surface area contributed by atoms with Crippen LogP contribution in [0.4, 0.5) is 16.2 Å². The van der Waals surface area contributed by atoms with E-state index in [1.165, 1.54) is 0 Å². The molecule has 18 heavy (non-hydrogen) atoms. The number of carbonyl (C=O) groups excluding carboxylic acids is 2. The fourth-order valence-corrected chi connectivity index (χ4v) is 1.77. The highest BCUT2D eigenvalue weighted by Crippen LogP contribution is 2.21. The molecule has 1 heterocycles. The van der Waals surface area contributed by atoms with Crippen LogP contribution in [0.3, 0.4) is 0 Å². The van der Waals surface area contributed by atoms with Crippen molar-refractivity contribution in [3.8, 4) is 0 Å². The van der Waals surface area contributed by atoms with E-state index in [2.05, 4.69) is 10.6 Å². The average molecular weight is 268 g/mol. The van der Waals surface area contributed by atoms with Gasteiger partial charge in [-0.2, -0.15) is 0 Å². The van der Waals surface area contributed by atoms with Gasteiger partial charge in [0.25, 0.3) is 0 Å². The number of benzene rings is 1. The number of carbonyl (C=O) groups is 2. The number of nitrogens with one attached hydrogen (secondary N) is 2. The van der Waals surface area contributed by atoms with Gasteiger partial charge in [-0.15, -0.1) is 11.6 Å². The molecule has 1 aliphatic rings. The number of halogens is 1. The molecular formula is C12H14ClN3O2. The number of alkyl halides is 1. The summed E-state index contributed by atoms with van der Waals surface area (Å²) in [5, 5.41) is 4.82. The SMILES string of the molecule is CC(Cl)C(=O)Nc1cccc(N2CCNC2=O)c1. The van der Waals surface area contributed by atoms with Gasteiger partial charge in [0.2, 0.25) is 5.91 Å². The Hall–Kier alpha value is -1.75. The molecular weight excluding hydrogens is 254 g/mol. The maximum Gasteiger partial charge on any atom is 0.321 e. The monoisotopic (exact) mass is 267 g/mol. The lowest BCUT2D eigenvalue weighted by Crippen LogP contribution is -2.27. The molecule has 0 saturated carbocycles. The average Bonchev–Trinajstić information content (AvgIpc) is 2.75. The third kappa shape index (κ3) is 2.73. The molecule has 5 nitrogen and oxygen atoms in total. The van der Waals surface area contributed by atoms with Gasteiger partial charge in [-0.3, -0.25) is 9.69 Å². The Labute approximate surface area is 110 Å². The lowest BCUT2D eigenvalue weighted by atomic mass is 10.2. The Kier molecular flexibility index (Phi) is 3.72. The van der Waals surface area contributed by atoms with Crippen molar-refractivity contribution in [1.29, 1.82) is 0 Å². The molecule has 1 fully saturated rings. The summed E-state index contributed by atoms with van der Waals surface area (Å²) in [4.78, 5) is 24.6. The highest BCUT2D eigenvalue weighted by atomic mass is 35.5. The van der Waals surface area contributed by atoms with Crippen LogP contribution >= 0.6 is 11.6 Å². The summed E-state index contributed by atoms with van der Waals surface area (Å²) in [7, 11) is 0. The molecule has 1 saturated heterocycles. The highest BCUT2D eigenvalue weighted by Gasteiger charge is 2.21. The number of urea groups is 1. The summed E-state index contributed by atoms with van der Waals surface area (Å²) in [6.45, 7) is 2.87. The Morgan fingerprint density at radius 3 is 2.94 bits per heavy atom. The maximum atomic E-state index is 11.5. The first-order valence-electron chi connectivity index (χ1n) is 5.68. The second-order valence-electron chi connectivity index (χ2n) is 4.04. The van der Waals surface area contributed by atoms with Crippen molar-refractivity contribution in [1.82, 2.24) is 5.32 Å². The normalized spacial score (nSPS) is 16.3. The van der Waals surface area contributed by atoms with Gasteiger partial charge in [0.05, 0.1) is 0 Å². The smallest absolute Gasteiger partial charge is 0.321 e. The van der Waals surface area contributed by atoms with Crippen LogP contribution in [0, 0.1) is 0 Å². The molecule has 0 aromatic heterocycles. The molecule has 96 valence electrons. The van der Waals surface area contributed by atoms with Gasteiger partial charge in [-0.1, -0.05) is 6.07 Å². The van der Waals surface area contributed by atoms with E-state index in [0.717, 1.165) is 5.69 Å². The minimum absolute atomic E-state index is 0.121. The van der Waals surface area contributed by atoms with Crippen LogP contribution in [-0.2, 0) is 4.79 Å². The van der Waals surface area contributed by atoms with E-state index in [0.29, 0.717) is 18.8 Å². The van der Waals surface area contributed by atoms with Crippen LogP contribution in [-0.4, -0.2) is 30.4 Å². The summed E-state index contributed by atoms with van der Waals surface area (Å²) in [5.74, 6) is -0.264. The van der Waals surface area contributed by atoms with Crippen LogP contribution in [0.1, 0.15) is 6.92 Å². The first-order chi connectivity index (χ1) is 8.58. The largest absolute Gasteiger partial charge is 0.336 e. The first-order valence-corrected chi connectivity index (χ1v) is 6.12. The number of anilines is 2. The van der Waals surface area contributed by atoms with Crippen LogP contribution in [0.2, 0.25) is 0 Å². The quantitative estimate of drug-likeness (QED) is 0.820. The van der Waals surface area contributed by atoms with Crippen molar-refractivity contribution in [3.63, 3.8) is 0 Å². The predicted molar refractivity (Wildman–Crippen MR) is 71.1 cm³/mol. The van der Waals surface area contributed by atoms with Crippen LogP contribution in [0.15, 0.2) is 24.3 Å². The van der Waals surface area contributed by atoms with Gasteiger partial charge in [0, 0.05) is 24.5 Å². The summed E-state index contributed by atoms with van der Waals surface area (Å²) in [5.41, 5.74) is 1.38. The molecule has 1 unspecified atom stereocenters. The van der Waals surface area contributed by atoms with Crippen molar-refractivity contribution in [2.24, 2.45) is 0 Å². The molecule has 2 rings (SSSR count).